The molecule has 0 aromatic carbocycles. The van der Waals surface area contributed by atoms with Gasteiger partial charge in [0, 0.05) is 27.4 Å². The lowest BCUT2D eigenvalue weighted by Gasteiger charge is -1.99. The zero-order chi connectivity index (χ0) is 13.2. The van der Waals surface area contributed by atoms with Crippen LogP contribution >= 0.6 is 0 Å². The number of unbranched alkanes of at least 4 members (excludes halogenated alkanes) is 2. The Morgan fingerprint density at radius 3 is 1.44 bits per heavy atom. The predicted molar refractivity (Wildman–Crippen MR) is 67.3 cm³/mol. The van der Waals surface area contributed by atoms with Gasteiger partial charge >= 0.3 is 6.03 Å². The second-order valence-electron chi connectivity index (χ2n) is 3.13. The molecule has 0 aliphatic rings. The minimum atomic E-state index is -0.833. The Morgan fingerprint density at radius 1 is 1.00 bits per heavy atom. The fraction of sp³-hybridized carbons (Fsp3) is 0.909. The molecule has 0 radical (unpaired) electrons. The Bertz CT molecular complexity index is 112. The second-order valence-corrected chi connectivity index (χ2v) is 3.13. The Kier molecular flexibility index (Phi) is 30.6. The third-order valence-electron chi connectivity index (χ3n) is 1.28. The van der Waals surface area contributed by atoms with Gasteiger partial charge in [0.25, 0.3) is 0 Å². The van der Waals surface area contributed by atoms with Gasteiger partial charge in [0.15, 0.2) is 0 Å². The second kappa shape index (κ2) is 23.8. The van der Waals surface area contributed by atoms with E-state index in [1.165, 1.54) is 25.7 Å². The number of amides is 2. The molecule has 0 aliphatic heterocycles. The maximum Gasteiger partial charge on any atom is 0.309 e. The Hall–Kier alpha value is -0.810. The zero-order valence-corrected chi connectivity index (χ0v) is 11.1. The number of methoxy groups -OCH3 is 1. The van der Waals surface area contributed by atoms with E-state index in [-0.39, 0.29) is 0 Å². The zero-order valence-electron chi connectivity index (χ0n) is 11.1. The van der Waals surface area contributed by atoms with Crippen molar-refractivity contribution in [2.75, 3.05) is 27.4 Å². The van der Waals surface area contributed by atoms with E-state index in [2.05, 4.69) is 30.1 Å². The van der Waals surface area contributed by atoms with Crippen LogP contribution < -0.4 is 11.5 Å². The van der Waals surface area contributed by atoms with Crippen LogP contribution in [-0.4, -0.2) is 33.5 Å². The topological polar surface area (TPSA) is 87.6 Å². The van der Waals surface area contributed by atoms with E-state index in [4.69, 9.17) is 9.53 Å². The third kappa shape index (κ3) is 72.8. The minimum absolute atomic E-state index is 0.833. The van der Waals surface area contributed by atoms with Gasteiger partial charge < -0.3 is 20.9 Å². The molecule has 0 rings (SSSR count). The first-order valence-electron chi connectivity index (χ1n) is 5.59. The van der Waals surface area contributed by atoms with Gasteiger partial charge in [-0.25, -0.2) is 4.79 Å². The molecular formula is C11H28N2O3. The molecule has 0 saturated heterocycles. The van der Waals surface area contributed by atoms with Crippen LogP contribution in [0.3, 0.4) is 0 Å². The number of primary amides is 2. The fourth-order valence-corrected chi connectivity index (χ4v) is 0.595. The van der Waals surface area contributed by atoms with Gasteiger partial charge in [-0.1, -0.05) is 26.7 Å². The first-order valence-corrected chi connectivity index (χ1v) is 5.59. The molecule has 5 nitrogen and oxygen atoms in total. The number of nitrogens with two attached hydrogens (primary N) is 2. The lowest BCUT2D eigenvalue weighted by Crippen LogP contribution is -2.18. The van der Waals surface area contributed by atoms with Crippen LogP contribution in [0, 0.1) is 0 Å². The lowest BCUT2D eigenvalue weighted by atomic mass is 10.3. The van der Waals surface area contributed by atoms with Gasteiger partial charge in [-0.3, -0.25) is 0 Å². The fourth-order valence-electron chi connectivity index (χ4n) is 0.595. The monoisotopic (exact) mass is 236 g/mol. The van der Waals surface area contributed by atoms with Crippen molar-refractivity contribution in [3.05, 3.63) is 0 Å². The summed E-state index contributed by atoms with van der Waals surface area (Å²) in [4.78, 5) is 9.00. The lowest BCUT2D eigenvalue weighted by molar-refractivity contribution is 0.128. The summed E-state index contributed by atoms with van der Waals surface area (Å²) in [5, 5.41) is 0. The summed E-state index contributed by atoms with van der Waals surface area (Å²) in [6.07, 6.45) is 4.91. The van der Waals surface area contributed by atoms with Gasteiger partial charge in [0.1, 0.15) is 0 Å². The van der Waals surface area contributed by atoms with Crippen molar-refractivity contribution in [2.45, 2.75) is 39.5 Å². The highest BCUT2D eigenvalue weighted by molar-refractivity contribution is 5.69. The molecule has 0 bridgehead atoms. The highest BCUT2D eigenvalue weighted by Gasteiger charge is 1.84. The molecule has 4 N–H and O–H groups in total. The van der Waals surface area contributed by atoms with Gasteiger partial charge in [0.05, 0.1) is 0 Å². The molecule has 2 amide bonds. The van der Waals surface area contributed by atoms with Crippen molar-refractivity contribution in [2.24, 2.45) is 11.5 Å². The van der Waals surface area contributed by atoms with Crippen LogP contribution in [0.15, 0.2) is 0 Å². The maximum absolute atomic E-state index is 9.00. The number of hydrogen-bond donors (Lipinski definition) is 2. The number of carbonyl (C=O) groups is 1. The molecule has 0 unspecified atom stereocenters. The van der Waals surface area contributed by atoms with Crippen molar-refractivity contribution in [1.29, 1.82) is 0 Å². The van der Waals surface area contributed by atoms with Crippen LogP contribution in [0.1, 0.15) is 39.5 Å². The molecule has 0 saturated carbocycles. The molecule has 0 atom stereocenters. The first-order chi connectivity index (χ1) is 7.56. The molecule has 0 aliphatic carbocycles. The number of urea groups is 1. The molecule has 5 heteroatoms. The Balaban J connectivity index is -0.000000201. The molecular weight excluding hydrogens is 208 g/mol. The van der Waals surface area contributed by atoms with Crippen LogP contribution in [0.25, 0.3) is 0 Å². The predicted octanol–water partition coefficient (Wildman–Crippen LogP) is 1.89. The first kappa shape index (κ1) is 20.6. The van der Waals surface area contributed by atoms with Gasteiger partial charge in [-0.2, -0.15) is 0 Å². The highest BCUT2D eigenvalue weighted by atomic mass is 16.5. The quantitative estimate of drug-likeness (QED) is 0.690. The van der Waals surface area contributed by atoms with Crippen molar-refractivity contribution in [1.82, 2.24) is 0 Å². The van der Waals surface area contributed by atoms with E-state index >= 15 is 0 Å². The minimum Gasteiger partial charge on any atom is -0.388 e. The number of hydrogen-bond acceptors (Lipinski definition) is 3. The number of carbonyl (C=O) groups excluding carboxylic acids is 1. The molecule has 100 valence electrons. The summed E-state index contributed by atoms with van der Waals surface area (Å²) in [6.45, 7) is 6.28. The van der Waals surface area contributed by atoms with Crippen LogP contribution in [0.4, 0.5) is 4.79 Å². The van der Waals surface area contributed by atoms with E-state index in [0.29, 0.717) is 0 Å². The van der Waals surface area contributed by atoms with Crippen molar-refractivity contribution in [3.63, 3.8) is 0 Å². The number of rotatable bonds is 6. The maximum atomic E-state index is 9.00. The van der Waals surface area contributed by atoms with Crippen molar-refractivity contribution in [3.8, 4) is 0 Å². The molecule has 0 aromatic heterocycles. The number of ether oxygens (including phenoxy) is 2. The molecule has 0 spiro atoms. The Morgan fingerprint density at radius 2 is 1.25 bits per heavy atom. The summed E-state index contributed by atoms with van der Waals surface area (Å²) in [6, 6.07) is -0.833. The van der Waals surface area contributed by atoms with E-state index in [0.717, 1.165) is 13.2 Å². The van der Waals surface area contributed by atoms with Crippen LogP contribution in [-0.2, 0) is 9.47 Å². The third-order valence-corrected chi connectivity index (χ3v) is 1.28. The van der Waals surface area contributed by atoms with E-state index < -0.39 is 6.03 Å². The summed E-state index contributed by atoms with van der Waals surface area (Å²) in [7, 11) is 3.25. The van der Waals surface area contributed by atoms with Gasteiger partial charge in [-0.15, -0.1) is 0 Å². The molecule has 16 heavy (non-hydrogen) atoms. The summed E-state index contributed by atoms with van der Waals surface area (Å²) in [5.41, 5.74) is 8.50. The SMILES string of the molecule is CCCCOCCCC.COC.NC(N)=O. The smallest absolute Gasteiger partial charge is 0.309 e. The Labute approximate surface area is 99.5 Å². The van der Waals surface area contributed by atoms with E-state index in [1.54, 1.807) is 14.2 Å². The summed E-state index contributed by atoms with van der Waals surface area (Å²) in [5.74, 6) is 0. The van der Waals surface area contributed by atoms with Gasteiger partial charge in [-0.05, 0) is 12.8 Å². The van der Waals surface area contributed by atoms with Crippen molar-refractivity contribution < 1.29 is 14.3 Å². The summed E-state index contributed by atoms with van der Waals surface area (Å²) < 4.78 is 9.56. The van der Waals surface area contributed by atoms with E-state index in [1.807, 2.05) is 0 Å². The highest BCUT2D eigenvalue weighted by Crippen LogP contribution is 1.91. The van der Waals surface area contributed by atoms with Gasteiger partial charge in [0.2, 0.25) is 0 Å². The van der Waals surface area contributed by atoms with Crippen molar-refractivity contribution >= 4 is 6.03 Å². The molecule has 0 heterocycles. The average molecular weight is 236 g/mol. The normalized spacial score (nSPS) is 8.25. The standard InChI is InChI=1S/C8H18O.C2H6O.CH4N2O/c1-3-5-7-9-8-6-4-2;1-3-2;2-1(3)4/h3-8H2,1-2H3;1-2H3;(H4,2,3,4). The molecule has 0 aromatic rings. The largest absolute Gasteiger partial charge is 0.388 e. The summed E-state index contributed by atoms with van der Waals surface area (Å²) >= 11 is 0. The van der Waals surface area contributed by atoms with E-state index in [9.17, 15) is 0 Å². The van der Waals surface area contributed by atoms with Crippen LogP contribution in [0.5, 0.6) is 0 Å². The van der Waals surface area contributed by atoms with Crippen LogP contribution in [0.2, 0.25) is 0 Å². The average Bonchev–Trinajstić information content (AvgIpc) is 2.18. The molecule has 0 fully saturated rings.